The number of urea groups is 1. The molecule has 2 aromatic rings. The molecule has 144 valence electrons. The van der Waals surface area contributed by atoms with E-state index in [4.69, 9.17) is 11.6 Å². The predicted molar refractivity (Wildman–Crippen MR) is 106 cm³/mol. The van der Waals surface area contributed by atoms with Crippen LogP contribution in [0.5, 0.6) is 0 Å². The standard InChI is InChI=1S/C18H22ClN5O2S/c1-2-20-17(26)21-15(25)11-27-18-23-22-16(13-9-5-6-10-14(13)19)24(18)12-7-3-4-8-12/h5-6,9-10,12H,2-4,7-8,11H2,1H3,(H2,20,21,25,26). The highest BCUT2D eigenvalue weighted by atomic mass is 35.5. The largest absolute Gasteiger partial charge is 0.338 e. The second-order valence-electron chi connectivity index (χ2n) is 6.29. The fraction of sp³-hybridized carbons (Fsp3) is 0.444. The Balaban J connectivity index is 1.80. The molecule has 1 aromatic heterocycles. The maximum absolute atomic E-state index is 12.0. The first-order chi connectivity index (χ1) is 13.1. The van der Waals surface area contributed by atoms with Gasteiger partial charge in [0.1, 0.15) is 0 Å². The molecule has 9 heteroatoms. The average molecular weight is 408 g/mol. The second-order valence-corrected chi connectivity index (χ2v) is 7.64. The molecule has 27 heavy (non-hydrogen) atoms. The SMILES string of the molecule is CCNC(=O)NC(=O)CSc1nnc(-c2ccccc2Cl)n1C1CCCC1. The highest BCUT2D eigenvalue weighted by Gasteiger charge is 2.26. The van der Waals surface area contributed by atoms with Gasteiger partial charge in [-0.15, -0.1) is 10.2 Å². The van der Waals surface area contributed by atoms with E-state index in [1.54, 1.807) is 6.92 Å². The minimum Gasteiger partial charge on any atom is -0.338 e. The van der Waals surface area contributed by atoms with Crippen molar-refractivity contribution in [3.63, 3.8) is 0 Å². The number of hydrogen-bond donors (Lipinski definition) is 2. The highest BCUT2D eigenvalue weighted by molar-refractivity contribution is 7.99. The Labute approximate surface area is 167 Å². The molecule has 0 radical (unpaired) electrons. The normalized spacial score (nSPS) is 14.3. The number of hydrogen-bond acceptors (Lipinski definition) is 5. The number of amides is 3. The van der Waals surface area contributed by atoms with Gasteiger partial charge in [0.05, 0.1) is 10.8 Å². The fourth-order valence-corrected chi connectivity index (χ4v) is 4.22. The molecule has 3 rings (SSSR count). The Bertz CT molecular complexity index is 820. The Morgan fingerprint density at radius 1 is 1.26 bits per heavy atom. The van der Waals surface area contributed by atoms with Crippen molar-refractivity contribution in [2.24, 2.45) is 0 Å². The number of imide groups is 1. The number of carbonyl (C=O) groups is 2. The molecule has 0 spiro atoms. The van der Waals surface area contributed by atoms with E-state index in [0.29, 0.717) is 22.8 Å². The zero-order chi connectivity index (χ0) is 19.2. The Kier molecular flexibility index (Phi) is 6.73. The van der Waals surface area contributed by atoms with E-state index >= 15 is 0 Å². The quantitative estimate of drug-likeness (QED) is 0.713. The molecule has 7 nitrogen and oxygen atoms in total. The summed E-state index contributed by atoms with van der Waals surface area (Å²) in [6.07, 6.45) is 4.42. The van der Waals surface area contributed by atoms with Gasteiger partial charge in [-0.05, 0) is 31.9 Å². The number of nitrogens with zero attached hydrogens (tertiary/aromatic N) is 3. The fourth-order valence-electron chi connectivity index (χ4n) is 3.19. The summed E-state index contributed by atoms with van der Waals surface area (Å²) in [5.41, 5.74) is 0.831. The third kappa shape index (κ3) is 4.81. The van der Waals surface area contributed by atoms with E-state index < -0.39 is 6.03 Å². The summed E-state index contributed by atoms with van der Waals surface area (Å²) in [7, 11) is 0. The van der Waals surface area contributed by atoms with E-state index in [9.17, 15) is 9.59 Å². The van der Waals surface area contributed by atoms with Crippen LogP contribution >= 0.6 is 23.4 Å². The third-order valence-electron chi connectivity index (χ3n) is 4.39. The lowest BCUT2D eigenvalue weighted by Gasteiger charge is -2.17. The maximum atomic E-state index is 12.0. The summed E-state index contributed by atoms with van der Waals surface area (Å²) < 4.78 is 2.10. The van der Waals surface area contributed by atoms with Crippen LogP contribution in [0.25, 0.3) is 11.4 Å². The van der Waals surface area contributed by atoms with Crippen molar-refractivity contribution in [2.75, 3.05) is 12.3 Å². The van der Waals surface area contributed by atoms with Crippen molar-refractivity contribution in [2.45, 2.75) is 43.8 Å². The molecule has 1 heterocycles. The molecule has 3 amide bonds. The van der Waals surface area contributed by atoms with Gasteiger partial charge in [0.25, 0.3) is 0 Å². The van der Waals surface area contributed by atoms with E-state index in [1.807, 2.05) is 24.3 Å². The molecule has 1 saturated carbocycles. The van der Waals surface area contributed by atoms with Crippen LogP contribution in [-0.4, -0.2) is 39.0 Å². The van der Waals surface area contributed by atoms with Crippen LogP contribution in [0, 0.1) is 0 Å². The number of carbonyl (C=O) groups excluding carboxylic acids is 2. The zero-order valence-corrected chi connectivity index (χ0v) is 16.6. The summed E-state index contributed by atoms with van der Waals surface area (Å²) >= 11 is 7.64. The van der Waals surface area contributed by atoms with Crippen molar-refractivity contribution >= 4 is 35.3 Å². The molecule has 0 unspecified atom stereocenters. The van der Waals surface area contributed by atoms with Gasteiger partial charge >= 0.3 is 6.03 Å². The van der Waals surface area contributed by atoms with Gasteiger partial charge in [-0.1, -0.05) is 48.3 Å². The molecule has 0 aliphatic heterocycles. The average Bonchev–Trinajstić information content (AvgIpc) is 3.30. The van der Waals surface area contributed by atoms with Gasteiger partial charge < -0.3 is 5.32 Å². The lowest BCUT2D eigenvalue weighted by Crippen LogP contribution is -2.40. The summed E-state index contributed by atoms with van der Waals surface area (Å²) in [6, 6.07) is 7.35. The predicted octanol–water partition coefficient (Wildman–Crippen LogP) is 3.65. The first-order valence-corrected chi connectivity index (χ1v) is 10.4. The first kappa shape index (κ1) is 19.7. The molecule has 0 saturated heterocycles. The topological polar surface area (TPSA) is 88.9 Å². The molecular formula is C18H22ClN5O2S. The van der Waals surface area contributed by atoms with Crippen molar-refractivity contribution in [3.05, 3.63) is 29.3 Å². The Morgan fingerprint density at radius 2 is 2.00 bits per heavy atom. The van der Waals surface area contributed by atoms with Gasteiger partial charge in [-0.3, -0.25) is 14.7 Å². The summed E-state index contributed by atoms with van der Waals surface area (Å²) in [5, 5.41) is 14.8. The summed E-state index contributed by atoms with van der Waals surface area (Å²) in [4.78, 5) is 23.5. The lowest BCUT2D eigenvalue weighted by atomic mass is 10.2. The maximum Gasteiger partial charge on any atom is 0.321 e. The van der Waals surface area contributed by atoms with Gasteiger partial charge in [0.2, 0.25) is 5.91 Å². The molecule has 1 aromatic carbocycles. The number of halogens is 1. The van der Waals surface area contributed by atoms with Crippen LogP contribution in [0.4, 0.5) is 4.79 Å². The van der Waals surface area contributed by atoms with Crippen LogP contribution < -0.4 is 10.6 Å². The van der Waals surface area contributed by atoms with E-state index in [-0.39, 0.29) is 11.7 Å². The van der Waals surface area contributed by atoms with Crippen LogP contribution in [0.15, 0.2) is 29.4 Å². The first-order valence-electron chi connectivity index (χ1n) is 9.00. The van der Waals surface area contributed by atoms with Crippen LogP contribution in [-0.2, 0) is 4.79 Å². The zero-order valence-electron chi connectivity index (χ0n) is 15.1. The van der Waals surface area contributed by atoms with E-state index in [0.717, 1.165) is 37.1 Å². The lowest BCUT2D eigenvalue weighted by molar-refractivity contribution is -0.117. The minimum absolute atomic E-state index is 0.0878. The number of rotatable bonds is 6. The van der Waals surface area contributed by atoms with Gasteiger partial charge in [0, 0.05) is 18.2 Å². The molecule has 1 aliphatic rings. The molecule has 0 atom stereocenters. The van der Waals surface area contributed by atoms with Crippen LogP contribution in [0.3, 0.4) is 0 Å². The highest BCUT2D eigenvalue weighted by Crippen LogP contribution is 2.38. The molecule has 1 aliphatic carbocycles. The monoisotopic (exact) mass is 407 g/mol. The Hall–Kier alpha value is -2.06. The number of nitrogens with one attached hydrogen (secondary N) is 2. The molecule has 1 fully saturated rings. The van der Waals surface area contributed by atoms with Gasteiger partial charge in [-0.25, -0.2) is 4.79 Å². The van der Waals surface area contributed by atoms with E-state index in [2.05, 4.69) is 25.4 Å². The Morgan fingerprint density at radius 3 is 2.70 bits per heavy atom. The van der Waals surface area contributed by atoms with Crippen molar-refractivity contribution in [1.82, 2.24) is 25.4 Å². The van der Waals surface area contributed by atoms with Crippen molar-refractivity contribution < 1.29 is 9.59 Å². The van der Waals surface area contributed by atoms with Gasteiger partial charge in [0.15, 0.2) is 11.0 Å². The van der Waals surface area contributed by atoms with E-state index in [1.165, 1.54) is 11.8 Å². The summed E-state index contributed by atoms with van der Waals surface area (Å²) in [6.45, 7) is 2.25. The van der Waals surface area contributed by atoms with Gasteiger partial charge in [-0.2, -0.15) is 0 Å². The van der Waals surface area contributed by atoms with Crippen LogP contribution in [0.1, 0.15) is 38.6 Å². The van der Waals surface area contributed by atoms with Crippen molar-refractivity contribution in [3.8, 4) is 11.4 Å². The molecule has 2 N–H and O–H groups in total. The minimum atomic E-state index is -0.489. The molecular weight excluding hydrogens is 386 g/mol. The summed E-state index contributed by atoms with van der Waals surface area (Å²) in [5.74, 6) is 0.440. The smallest absolute Gasteiger partial charge is 0.321 e. The molecule has 0 bridgehead atoms. The van der Waals surface area contributed by atoms with Crippen molar-refractivity contribution in [1.29, 1.82) is 0 Å². The van der Waals surface area contributed by atoms with Crippen LogP contribution in [0.2, 0.25) is 5.02 Å². The number of thioether (sulfide) groups is 1. The second kappa shape index (κ2) is 9.23. The number of aromatic nitrogens is 3. The third-order valence-corrected chi connectivity index (χ3v) is 5.66. The number of benzene rings is 1.